The van der Waals surface area contributed by atoms with Gasteiger partial charge in [0, 0.05) is 18.9 Å². The zero-order valence-corrected chi connectivity index (χ0v) is 54.5. The van der Waals surface area contributed by atoms with Crippen molar-refractivity contribution in [2.45, 2.75) is 259 Å². The molecule has 12 N–H and O–H groups in total. The van der Waals surface area contributed by atoms with Crippen LogP contribution >= 0.6 is 0 Å². The van der Waals surface area contributed by atoms with E-state index in [2.05, 4.69) is 30.7 Å². The highest BCUT2D eigenvalue weighted by atomic mass is 32.3. The van der Waals surface area contributed by atoms with Gasteiger partial charge in [-0.1, -0.05) is 44.9 Å². The summed E-state index contributed by atoms with van der Waals surface area (Å²) in [5.74, 6) is -1.07. The topological polar surface area (TPSA) is 474 Å². The average molecular weight is 1380 g/mol. The zero-order chi connectivity index (χ0) is 68.2. The van der Waals surface area contributed by atoms with E-state index >= 15 is 0 Å². The van der Waals surface area contributed by atoms with Crippen LogP contribution in [-0.4, -0.2) is 275 Å². The van der Waals surface area contributed by atoms with Crippen LogP contribution in [0.3, 0.4) is 0 Å². The van der Waals surface area contributed by atoms with Crippen LogP contribution in [0.4, 0.5) is 0 Å². The van der Waals surface area contributed by atoms with Gasteiger partial charge in [0.2, 0.25) is 0 Å². The van der Waals surface area contributed by atoms with E-state index < -0.39 is 228 Å². The Hall–Kier alpha value is -2.48. The number of esters is 1. The molecule has 9 fully saturated rings. The molecule has 0 radical (unpaired) electrons. The van der Waals surface area contributed by atoms with Crippen molar-refractivity contribution in [1.29, 1.82) is 0 Å². The molecule has 10 aliphatic rings. The lowest BCUT2D eigenvalue weighted by Gasteiger charge is -2.63. The minimum absolute atomic E-state index is 0.0236. The van der Waals surface area contributed by atoms with Gasteiger partial charge in [-0.2, -0.15) is 16.8 Å². The van der Waals surface area contributed by atoms with Crippen LogP contribution in [0.2, 0.25) is 0 Å². The molecule has 4 aliphatic carbocycles. The summed E-state index contributed by atoms with van der Waals surface area (Å²) in [5.41, 5.74) is -1.86. The SMILES string of the molecule is C=C(C)CCC[C@]1(C)OC(=O)[C@]23CC[C@@H]4C(=CC[C@H]5C(C)(C)[C@@H](O[C@@H]6OC[C@@H](OS(=O)(=O)O)[C@H](O)[C@H]6O[C@@H]6O[C@H](C)[C@@H](O[C@@H]7O[C@H](CO)[C@@H](O)[C@H](O[C@@H]8O[C@H](COS(=O)(=O)O)[C@@H](O)[C@H](OC)[C@H]8O)[C@H]7O)[C@H](O)[C@H]6O[C@@H]6OC[C@@H](O)[C@H](O)[C@H]6O)CC[C@]45C)[C@]2(C)CC(=O)[C@@H]31. The predicted octanol–water partition coefficient (Wildman–Crippen LogP) is -2.09. The summed E-state index contributed by atoms with van der Waals surface area (Å²) in [4.78, 5) is 28.9. The van der Waals surface area contributed by atoms with Crippen LogP contribution < -0.4 is 0 Å². The molecule has 34 heteroatoms. The Morgan fingerprint density at radius 1 is 0.677 bits per heavy atom. The second-order valence-corrected chi connectivity index (χ2v) is 30.3. The van der Waals surface area contributed by atoms with Crippen molar-refractivity contribution < 1.29 is 152 Å². The fourth-order valence-electron chi connectivity index (χ4n) is 17.4. The Bertz CT molecular complexity index is 2970. The molecule has 10 rings (SSSR count). The number of hydrogen-bond acceptors (Lipinski definition) is 30. The van der Waals surface area contributed by atoms with Crippen LogP contribution in [0.25, 0.3) is 0 Å². The van der Waals surface area contributed by atoms with E-state index in [1.165, 1.54) is 6.92 Å². The second kappa shape index (κ2) is 27.2. The van der Waals surface area contributed by atoms with Gasteiger partial charge in [0.1, 0.15) is 115 Å². The number of hydrogen-bond donors (Lipinski definition) is 12. The smallest absolute Gasteiger partial charge is 0.397 e. The van der Waals surface area contributed by atoms with Crippen molar-refractivity contribution in [3.8, 4) is 0 Å². The Morgan fingerprint density at radius 2 is 1.29 bits per heavy atom. The summed E-state index contributed by atoms with van der Waals surface area (Å²) in [6.45, 7) is 14.2. The van der Waals surface area contributed by atoms with Crippen molar-refractivity contribution in [3.63, 3.8) is 0 Å². The largest absolute Gasteiger partial charge is 0.458 e. The normalized spacial score (nSPS) is 49.2. The number of carbonyl (C=O) groups is 2. The van der Waals surface area contributed by atoms with E-state index in [9.17, 15) is 86.6 Å². The van der Waals surface area contributed by atoms with Gasteiger partial charge in [0.25, 0.3) is 0 Å². The Kier molecular flexibility index (Phi) is 21.4. The minimum atomic E-state index is -5.30. The quantitative estimate of drug-likeness (QED) is 0.0333. The first kappa shape index (κ1) is 73.2. The number of ether oxygens (including phenoxy) is 12. The molecule has 532 valence electrons. The van der Waals surface area contributed by atoms with Crippen molar-refractivity contribution in [3.05, 3.63) is 23.8 Å². The van der Waals surface area contributed by atoms with Crippen LogP contribution in [0.5, 0.6) is 0 Å². The summed E-state index contributed by atoms with van der Waals surface area (Å²) in [6.07, 6.45) is -37.0. The first-order chi connectivity index (χ1) is 43.4. The summed E-state index contributed by atoms with van der Waals surface area (Å²) >= 11 is 0. The maximum absolute atomic E-state index is 14.5. The highest BCUT2D eigenvalue weighted by Crippen LogP contribution is 2.75. The van der Waals surface area contributed by atoms with Crippen LogP contribution in [-0.2, 0) is 95.6 Å². The molecule has 0 aromatic carbocycles. The van der Waals surface area contributed by atoms with E-state index in [-0.39, 0.29) is 30.0 Å². The van der Waals surface area contributed by atoms with E-state index in [4.69, 9.17) is 61.0 Å². The van der Waals surface area contributed by atoms with E-state index in [0.29, 0.717) is 44.9 Å². The summed E-state index contributed by atoms with van der Waals surface area (Å²) in [5, 5.41) is 112. The summed E-state index contributed by atoms with van der Waals surface area (Å²) in [6, 6.07) is 0. The maximum atomic E-state index is 14.5. The number of cyclic esters (lactones) is 1. The number of carbonyl (C=O) groups excluding carboxylic acids is 2. The third kappa shape index (κ3) is 13.5. The van der Waals surface area contributed by atoms with Gasteiger partial charge in [-0.3, -0.25) is 18.7 Å². The molecular weight excluding hydrogens is 1280 g/mol. The molecule has 0 aromatic rings. The zero-order valence-electron chi connectivity index (χ0n) is 52.9. The average Bonchev–Trinajstić information content (AvgIpc) is 1.52. The molecule has 93 heavy (non-hydrogen) atoms. The Morgan fingerprint density at radius 3 is 1.94 bits per heavy atom. The highest BCUT2D eigenvalue weighted by molar-refractivity contribution is 7.81. The maximum Gasteiger partial charge on any atom is 0.397 e. The number of rotatable bonds is 21. The highest BCUT2D eigenvalue weighted by Gasteiger charge is 2.79. The minimum Gasteiger partial charge on any atom is -0.458 e. The lowest BCUT2D eigenvalue weighted by molar-refractivity contribution is -0.403. The van der Waals surface area contributed by atoms with Gasteiger partial charge < -0.3 is 108 Å². The lowest BCUT2D eigenvalue weighted by atomic mass is 9.41. The van der Waals surface area contributed by atoms with E-state index in [1.807, 2.05) is 27.7 Å². The van der Waals surface area contributed by atoms with E-state index in [1.54, 1.807) is 0 Å². The monoisotopic (exact) mass is 1380 g/mol. The Balaban J connectivity index is 0.904. The third-order valence-electron chi connectivity index (χ3n) is 22.0. The van der Waals surface area contributed by atoms with Crippen molar-refractivity contribution in [2.24, 2.45) is 39.4 Å². The summed E-state index contributed by atoms with van der Waals surface area (Å²) in [7, 11) is -9.34. The molecule has 6 heterocycles. The summed E-state index contributed by atoms with van der Waals surface area (Å²) < 4.78 is 148. The predicted molar refractivity (Wildman–Crippen MR) is 308 cm³/mol. The fraction of sp³-hybridized carbons (Fsp3) is 0.898. The molecule has 1 spiro atoms. The van der Waals surface area contributed by atoms with Crippen LogP contribution in [0, 0.1) is 39.4 Å². The van der Waals surface area contributed by atoms with Gasteiger partial charge in [-0.15, -0.1) is 6.58 Å². The van der Waals surface area contributed by atoms with Crippen LogP contribution in [0.1, 0.15) is 106 Å². The Labute approximate surface area is 538 Å². The molecule has 32 nitrogen and oxygen atoms in total. The number of ketones is 1. The molecule has 6 saturated heterocycles. The van der Waals surface area contributed by atoms with Gasteiger partial charge in [-0.05, 0) is 94.8 Å². The molecule has 0 bridgehead atoms. The second-order valence-electron chi connectivity index (χ2n) is 28.2. The van der Waals surface area contributed by atoms with Crippen LogP contribution in [0.15, 0.2) is 23.8 Å². The number of Topliss-reactive ketones (excluding diaryl/α,β-unsaturated/α-hetero) is 1. The van der Waals surface area contributed by atoms with E-state index in [0.717, 1.165) is 24.7 Å². The molecular formula is C59H92O32S2. The van der Waals surface area contributed by atoms with Gasteiger partial charge in [-0.25, -0.2) is 8.37 Å². The van der Waals surface area contributed by atoms with Gasteiger partial charge >= 0.3 is 26.8 Å². The lowest BCUT2D eigenvalue weighted by Crippen LogP contribution is -2.68. The standard InChI is InChI=1S/C59H92O32S2/c1-24(2)11-10-16-58(8)48-28(61)19-57(7)27-12-13-33-55(4,5)34(15-17-56(33,6)26(27)14-18-59(48,57)54(71)90-58)85-52-46(38(66)32(22-80-52)91-93(75,76)77)89-53-47(88-49-39(67)35(63)29(62)21-79-49)40(68)43(25(3)82-53)86-51-42(70)45(36(64)30(20-60)83-51)87-50-41(69)44(78-9)37(65)31(84-50)23-81-92(72,73)74/h12,25-26,29-53,60,62-70H,1,10-11,13-23H2,2-9H3,(H,72,73,74)(H,75,76,77)/t25-,26-,29-,30-,31-,32-,33+,34+,35+,36-,37-,38+,39-,40+,41-,42-,43-,44+,45+,46-,47-,48-,49+,50+,51+,52+,53+,56-,57+,58+,59-/m1/s1. The number of methoxy groups -OCH3 is 1. The van der Waals surface area contributed by atoms with Gasteiger partial charge in [0.05, 0.1) is 50.0 Å². The van der Waals surface area contributed by atoms with Gasteiger partial charge in [0.15, 0.2) is 31.5 Å². The number of fused-ring (bicyclic) bond motifs is 4. The van der Waals surface area contributed by atoms with Crippen molar-refractivity contribution in [2.75, 3.05) is 33.5 Å². The molecule has 31 atom stereocenters. The first-order valence-electron chi connectivity index (χ1n) is 31.5. The fourth-order valence-corrected chi connectivity index (χ4v) is 18.2. The first-order valence-corrected chi connectivity index (χ1v) is 34.2. The number of allylic oxidation sites excluding steroid dienone is 3. The number of aliphatic hydroxyl groups excluding tert-OH is 10. The molecule has 3 saturated carbocycles. The van der Waals surface area contributed by atoms with Crippen molar-refractivity contribution >= 4 is 32.6 Å². The third-order valence-corrected chi connectivity index (χ3v) is 23.0. The molecule has 0 aromatic heterocycles. The number of aliphatic hydroxyl groups is 10. The molecule has 6 aliphatic heterocycles. The van der Waals surface area contributed by atoms with Crippen molar-refractivity contribution in [1.82, 2.24) is 0 Å². The molecule has 0 unspecified atom stereocenters. The molecule has 0 amide bonds.